The van der Waals surface area contributed by atoms with Crippen LogP contribution >= 0.6 is 11.8 Å². The molecule has 0 atom stereocenters. The number of guanidine groups is 1. The maximum atomic E-state index is 4.47. The summed E-state index contributed by atoms with van der Waals surface area (Å²) in [7, 11) is 3.93. The SMILES string of the molecule is CN=C(NCC1CCSCC1)N(C)Cc1cnn(-c2ccccc2)c1. The van der Waals surface area contributed by atoms with Crippen LogP contribution in [-0.2, 0) is 6.54 Å². The molecule has 1 aromatic carbocycles. The summed E-state index contributed by atoms with van der Waals surface area (Å²) in [6.45, 7) is 1.80. The van der Waals surface area contributed by atoms with E-state index in [1.54, 1.807) is 0 Å². The third kappa shape index (κ3) is 5.01. The summed E-state index contributed by atoms with van der Waals surface area (Å²) >= 11 is 2.07. The first-order chi connectivity index (χ1) is 12.3. The summed E-state index contributed by atoms with van der Waals surface area (Å²) in [6.07, 6.45) is 6.62. The van der Waals surface area contributed by atoms with Crippen LogP contribution in [0.15, 0.2) is 47.7 Å². The molecule has 0 radical (unpaired) electrons. The molecular formula is C19H27N5S. The van der Waals surface area contributed by atoms with Crippen molar-refractivity contribution in [1.29, 1.82) is 0 Å². The normalized spacial score (nSPS) is 16.0. The Morgan fingerprint density at radius 1 is 1.32 bits per heavy atom. The highest BCUT2D eigenvalue weighted by Crippen LogP contribution is 2.21. The highest BCUT2D eigenvalue weighted by Gasteiger charge is 2.15. The van der Waals surface area contributed by atoms with Crippen molar-refractivity contribution < 1.29 is 0 Å². The van der Waals surface area contributed by atoms with Crippen LogP contribution in [0.25, 0.3) is 5.69 Å². The Labute approximate surface area is 154 Å². The second kappa shape index (κ2) is 8.94. The van der Waals surface area contributed by atoms with Crippen LogP contribution in [0, 0.1) is 5.92 Å². The van der Waals surface area contributed by atoms with Crippen molar-refractivity contribution in [3.05, 3.63) is 48.3 Å². The van der Waals surface area contributed by atoms with Gasteiger partial charge in [0, 0.05) is 38.9 Å². The summed E-state index contributed by atoms with van der Waals surface area (Å²) in [6, 6.07) is 10.2. The number of rotatable bonds is 5. The molecule has 3 rings (SSSR count). The molecule has 0 unspecified atom stereocenters. The molecule has 1 saturated heterocycles. The number of aliphatic imine (C=N–C) groups is 1. The van der Waals surface area contributed by atoms with E-state index in [-0.39, 0.29) is 0 Å². The van der Waals surface area contributed by atoms with Crippen molar-refractivity contribution >= 4 is 17.7 Å². The Bertz CT molecular complexity index is 676. The fraction of sp³-hybridized carbons (Fsp3) is 0.474. The van der Waals surface area contributed by atoms with E-state index < -0.39 is 0 Å². The van der Waals surface area contributed by atoms with Gasteiger partial charge in [-0.25, -0.2) is 4.68 Å². The molecule has 1 aliphatic rings. The molecule has 134 valence electrons. The van der Waals surface area contributed by atoms with Gasteiger partial charge in [0.15, 0.2) is 5.96 Å². The van der Waals surface area contributed by atoms with Gasteiger partial charge in [-0.2, -0.15) is 16.9 Å². The predicted molar refractivity (Wildman–Crippen MR) is 106 cm³/mol. The molecule has 25 heavy (non-hydrogen) atoms. The molecule has 6 heteroatoms. The zero-order chi connectivity index (χ0) is 17.5. The monoisotopic (exact) mass is 357 g/mol. The summed E-state index contributed by atoms with van der Waals surface area (Å²) in [5, 5.41) is 8.01. The van der Waals surface area contributed by atoms with Crippen molar-refractivity contribution in [2.24, 2.45) is 10.9 Å². The summed E-state index contributed by atoms with van der Waals surface area (Å²) in [5.41, 5.74) is 2.25. The quantitative estimate of drug-likeness (QED) is 0.660. The van der Waals surface area contributed by atoms with Crippen molar-refractivity contribution in [3.63, 3.8) is 0 Å². The van der Waals surface area contributed by atoms with E-state index in [2.05, 4.69) is 57.4 Å². The zero-order valence-corrected chi connectivity index (χ0v) is 15.9. The van der Waals surface area contributed by atoms with Crippen molar-refractivity contribution in [2.45, 2.75) is 19.4 Å². The van der Waals surface area contributed by atoms with E-state index in [0.717, 1.165) is 30.7 Å². The summed E-state index contributed by atoms with van der Waals surface area (Å²) < 4.78 is 1.92. The summed E-state index contributed by atoms with van der Waals surface area (Å²) in [5.74, 6) is 4.30. The van der Waals surface area contributed by atoms with Gasteiger partial charge in [0.1, 0.15) is 0 Å². The van der Waals surface area contributed by atoms with Crippen LogP contribution < -0.4 is 5.32 Å². The first-order valence-electron chi connectivity index (χ1n) is 8.85. The van der Waals surface area contributed by atoms with Gasteiger partial charge >= 0.3 is 0 Å². The molecule has 0 saturated carbocycles. The van der Waals surface area contributed by atoms with Gasteiger partial charge in [-0.1, -0.05) is 18.2 Å². The lowest BCUT2D eigenvalue weighted by Gasteiger charge is -2.26. The Kier molecular flexibility index (Phi) is 6.39. The summed E-state index contributed by atoms with van der Waals surface area (Å²) in [4.78, 5) is 6.59. The lowest BCUT2D eigenvalue weighted by molar-refractivity contribution is 0.440. The van der Waals surface area contributed by atoms with Gasteiger partial charge in [0.05, 0.1) is 11.9 Å². The Balaban J connectivity index is 1.55. The van der Waals surface area contributed by atoms with E-state index in [1.807, 2.05) is 36.1 Å². The molecule has 5 nitrogen and oxygen atoms in total. The molecule has 1 aromatic heterocycles. The lowest BCUT2D eigenvalue weighted by atomic mass is 10.0. The topological polar surface area (TPSA) is 45.5 Å². The first-order valence-corrected chi connectivity index (χ1v) is 10.00. The number of benzene rings is 1. The average Bonchev–Trinajstić information content (AvgIpc) is 3.12. The molecule has 0 amide bonds. The minimum absolute atomic E-state index is 0.771. The van der Waals surface area contributed by atoms with Gasteiger partial charge in [-0.15, -0.1) is 0 Å². The van der Waals surface area contributed by atoms with Gasteiger partial charge in [-0.3, -0.25) is 4.99 Å². The zero-order valence-electron chi connectivity index (χ0n) is 15.1. The number of para-hydroxylation sites is 1. The van der Waals surface area contributed by atoms with Crippen molar-refractivity contribution in [1.82, 2.24) is 20.0 Å². The number of thioether (sulfide) groups is 1. The Hall–Kier alpha value is -1.95. The molecule has 0 aliphatic carbocycles. The third-order valence-corrected chi connectivity index (χ3v) is 5.59. The molecule has 2 heterocycles. The number of nitrogens with one attached hydrogen (secondary N) is 1. The fourth-order valence-corrected chi connectivity index (χ4v) is 4.29. The Morgan fingerprint density at radius 2 is 2.08 bits per heavy atom. The molecular weight excluding hydrogens is 330 g/mol. The number of nitrogens with zero attached hydrogens (tertiary/aromatic N) is 4. The van der Waals surface area contributed by atoms with Crippen LogP contribution in [0.3, 0.4) is 0 Å². The smallest absolute Gasteiger partial charge is 0.193 e. The van der Waals surface area contributed by atoms with Crippen LogP contribution in [0.1, 0.15) is 18.4 Å². The number of hydrogen-bond acceptors (Lipinski definition) is 3. The highest BCUT2D eigenvalue weighted by atomic mass is 32.2. The van der Waals surface area contributed by atoms with Crippen LogP contribution in [0.5, 0.6) is 0 Å². The second-order valence-corrected chi connectivity index (χ2v) is 7.69. The molecule has 2 aromatic rings. The first kappa shape index (κ1) is 17.9. The van der Waals surface area contributed by atoms with E-state index in [0.29, 0.717) is 0 Å². The van der Waals surface area contributed by atoms with Crippen molar-refractivity contribution in [2.75, 3.05) is 32.1 Å². The third-order valence-electron chi connectivity index (χ3n) is 4.54. The van der Waals surface area contributed by atoms with E-state index >= 15 is 0 Å². The fourth-order valence-electron chi connectivity index (χ4n) is 3.08. The minimum atomic E-state index is 0.771. The number of aromatic nitrogens is 2. The lowest BCUT2D eigenvalue weighted by Crippen LogP contribution is -2.41. The second-order valence-electron chi connectivity index (χ2n) is 6.47. The predicted octanol–water partition coefficient (Wildman–Crippen LogP) is 3.02. The largest absolute Gasteiger partial charge is 0.356 e. The van der Waals surface area contributed by atoms with E-state index in [1.165, 1.54) is 29.9 Å². The van der Waals surface area contributed by atoms with Gasteiger partial charge in [0.2, 0.25) is 0 Å². The molecule has 1 fully saturated rings. The maximum Gasteiger partial charge on any atom is 0.193 e. The minimum Gasteiger partial charge on any atom is -0.356 e. The van der Waals surface area contributed by atoms with Crippen LogP contribution in [-0.4, -0.2) is 52.8 Å². The van der Waals surface area contributed by atoms with Gasteiger partial charge < -0.3 is 10.2 Å². The van der Waals surface area contributed by atoms with E-state index in [4.69, 9.17) is 0 Å². The van der Waals surface area contributed by atoms with Crippen LogP contribution in [0.4, 0.5) is 0 Å². The molecule has 1 aliphatic heterocycles. The maximum absolute atomic E-state index is 4.47. The number of hydrogen-bond donors (Lipinski definition) is 1. The van der Waals surface area contributed by atoms with Gasteiger partial charge in [-0.05, 0) is 42.4 Å². The molecule has 0 bridgehead atoms. The van der Waals surface area contributed by atoms with Gasteiger partial charge in [0.25, 0.3) is 0 Å². The Morgan fingerprint density at radius 3 is 2.80 bits per heavy atom. The average molecular weight is 358 g/mol. The van der Waals surface area contributed by atoms with E-state index in [9.17, 15) is 0 Å². The standard InChI is InChI=1S/C19H27N5S/c1-20-19(21-12-16-8-10-25-11-9-16)23(2)14-17-13-22-24(15-17)18-6-4-3-5-7-18/h3-7,13,15-16H,8-12,14H2,1-2H3,(H,20,21). The molecule has 0 spiro atoms. The van der Waals surface area contributed by atoms with Crippen molar-refractivity contribution in [3.8, 4) is 5.69 Å². The van der Waals surface area contributed by atoms with Crippen LogP contribution in [0.2, 0.25) is 0 Å². The molecule has 1 N–H and O–H groups in total. The highest BCUT2D eigenvalue weighted by molar-refractivity contribution is 7.99.